The van der Waals surface area contributed by atoms with Crippen molar-refractivity contribution in [2.45, 2.75) is 0 Å². The van der Waals surface area contributed by atoms with Crippen molar-refractivity contribution in [3.63, 3.8) is 0 Å². The average molecular weight is 127 g/mol. The molecule has 9 heavy (non-hydrogen) atoms. The van der Waals surface area contributed by atoms with Crippen LogP contribution >= 0.6 is 0 Å². The molecule has 0 saturated carbocycles. The van der Waals surface area contributed by atoms with Crippen molar-refractivity contribution in [1.82, 2.24) is 5.32 Å². The van der Waals surface area contributed by atoms with Gasteiger partial charge in [-0.15, -0.1) is 0 Å². The lowest BCUT2D eigenvalue weighted by molar-refractivity contribution is 0.236. The van der Waals surface area contributed by atoms with Crippen LogP contribution in [0.5, 0.6) is 0 Å². The number of ether oxygens (including phenoxy) is 2. The van der Waals surface area contributed by atoms with Crippen molar-refractivity contribution in [2.75, 3.05) is 13.3 Å². The molecule has 50 valence electrons. The van der Waals surface area contributed by atoms with E-state index in [2.05, 4.69) is 5.32 Å². The van der Waals surface area contributed by atoms with Crippen LogP contribution in [0.25, 0.3) is 0 Å². The summed E-state index contributed by atoms with van der Waals surface area (Å²) in [5.41, 5.74) is 0. The normalized spacial score (nSPS) is 24.9. The zero-order chi connectivity index (χ0) is 6.36. The molecule has 0 aliphatic carbocycles. The van der Waals surface area contributed by atoms with Crippen molar-refractivity contribution >= 4 is 0 Å². The molecule has 0 radical (unpaired) electrons. The number of hydrogen-bond acceptors (Lipinski definition) is 3. The van der Waals surface area contributed by atoms with Crippen LogP contribution in [0.4, 0.5) is 0 Å². The van der Waals surface area contributed by atoms with Gasteiger partial charge in [-0.05, 0) is 6.08 Å². The first-order valence-electron chi connectivity index (χ1n) is 2.77. The third kappa shape index (κ3) is 2.64. The Morgan fingerprint density at radius 3 is 3.22 bits per heavy atom. The van der Waals surface area contributed by atoms with E-state index < -0.39 is 0 Å². The summed E-state index contributed by atoms with van der Waals surface area (Å²) >= 11 is 0. The molecule has 3 nitrogen and oxygen atoms in total. The van der Waals surface area contributed by atoms with Crippen LogP contribution in [0.2, 0.25) is 0 Å². The molecule has 0 bridgehead atoms. The van der Waals surface area contributed by atoms with Gasteiger partial charge in [0.25, 0.3) is 0 Å². The Kier molecular flexibility index (Phi) is 2.56. The van der Waals surface area contributed by atoms with Gasteiger partial charge in [-0.25, -0.2) is 0 Å². The molecule has 0 unspecified atom stereocenters. The molecule has 0 fully saturated rings. The predicted octanol–water partition coefficient (Wildman–Crippen LogP) is 0.565. The minimum atomic E-state index is 0.496. The van der Waals surface area contributed by atoms with Crippen LogP contribution in [0.1, 0.15) is 0 Å². The van der Waals surface area contributed by atoms with Gasteiger partial charge in [0.1, 0.15) is 6.61 Å². The molecule has 0 aromatic rings. The summed E-state index contributed by atoms with van der Waals surface area (Å²) in [7, 11) is 0. The standard InChI is InChI=1S/C6H9NO2/c1-3-8-5-2-7-6-9-4-1/h1-2,4-5,7H,3,6H2/b4-1-,5-2-. The molecular formula is C6H9NO2. The van der Waals surface area contributed by atoms with Gasteiger partial charge in [-0.3, -0.25) is 0 Å². The largest absolute Gasteiger partial charge is 0.496 e. The molecule has 1 N–H and O–H groups in total. The summed E-state index contributed by atoms with van der Waals surface area (Å²) in [6, 6.07) is 0. The molecule has 1 heterocycles. The van der Waals surface area contributed by atoms with E-state index in [1.807, 2.05) is 0 Å². The van der Waals surface area contributed by atoms with Gasteiger partial charge in [-0.2, -0.15) is 0 Å². The quantitative estimate of drug-likeness (QED) is 0.516. The smallest absolute Gasteiger partial charge is 0.157 e. The van der Waals surface area contributed by atoms with E-state index in [1.165, 1.54) is 0 Å². The summed E-state index contributed by atoms with van der Waals surface area (Å²) in [5.74, 6) is 0. The molecule has 1 aliphatic rings. The van der Waals surface area contributed by atoms with Gasteiger partial charge in [-0.1, -0.05) is 0 Å². The molecule has 0 amide bonds. The summed E-state index contributed by atoms with van der Waals surface area (Å²) < 4.78 is 9.88. The van der Waals surface area contributed by atoms with Crippen LogP contribution in [0.15, 0.2) is 24.8 Å². The highest BCUT2D eigenvalue weighted by molar-refractivity contribution is 4.78. The van der Waals surface area contributed by atoms with Crippen LogP contribution in [0.3, 0.4) is 0 Å². The SMILES string of the molecule is C1=C\OCN/C=C\OC/1. The lowest BCUT2D eigenvalue weighted by Gasteiger charge is -1.95. The first-order chi connectivity index (χ1) is 4.50. The lowest BCUT2D eigenvalue weighted by Crippen LogP contribution is -2.06. The maximum atomic E-state index is 4.94. The molecule has 1 aliphatic heterocycles. The van der Waals surface area contributed by atoms with Gasteiger partial charge in [0, 0.05) is 6.20 Å². The summed E-state index contributed by atoms with van der Waals surface area (Å²) in [6.07, 6.45) is 6.71. The van der Waals surface area contributed by atoms with Gasteiger partial charge in [0.15, 0.2) is 6.73 Å². The van der Waals surface area contributed by atoms with Gasteiger partial charge >= 0.3 is 0 Å². The van der Waals surface area contributed by atoms with E-state index in [1.54, 1.807) is 24.8 Å². The summed E-state index contributed by atoms with van der Waals surface area (Å²) in [6.45, 7) is 1.06. The molecule has 1 rings (SSSR count). The molecule has 0 aromatic heterocycles. The van der Waals surface area contributed by atoms with Crippen LogP contribution in [-0.4, -0.2) is 13.3 Å². The van der Waals surface area contributed by atoms with E-state index in [0.29, 0.717) is 13.3 Å². The summed E-state index contributed by atoms with van der Waals surface area (Å²) in [4.78, 5) is 0. The molecule has 3 heteroatoms. The minimum Gasteiger partial charge on any atom is -0.496 e. The Morgan fingerprint density at radius 2 is 2.22 bits per heavy atom. The molecule has 0 aromatic carbocycles. The van der Waals surface area contributed by atoms with E-state index in [0.717, 1.165) is 0 Å². The molecule has 0 atom stereocenters. The Morgan fingerprint density at radius 1 is 1.22 bits per heavy atom. The summed E-state index contributed by atoms with van der Waals surface area (Å²) in [5, 5.41) is 2.85. The van der Waals surface area contributed by atoms with Crippen molar-refractivity contribution in [2.24, 2.45) is 0 Å². The fourth-order valence-electron chi connectivity index (χ4n) is 0.459. The Labute approximate surface area is 54.0 Å². The van der Waals surface area contributed by atoms with E-state index in [9.17, 15) is 0 Å². The third-order valence-corrected chi connectivity index (χ3v) is 0.834. The van der Waals surface area contributed by atoms with E-state index >= 15 is 0 Å². The monoisotopic (exact) mass is 127 g/mol. The van der Waals surface area contributed by atoms with Gasteiger partial charge in [0.2, 0.25) is 0 Å². The van der Waals surface area contributed by atoms with Gasteiger partial charge in [0.05, 0.1) is 12.5 Å². The highest BCUT2D eigenvalue weighted by Crippen LogP contribution is 1.83. The fourth-order valence-corrected chi connectivity index (χ4v) is 0.459. The highest BCUT2D eigenvalue weighted by atomic mass is 16.5. The Hall–Kier alpha value is -1.12. The first-order valence-corrected chi connectivity index (χ1v) is 2.77. The number of rotatable bonds is 0. The first kappa shape index (κ1) is 6.01. The van der Waals surface area contributed by atoms with Gasteiger partial charge < -0.3 is 14.8 Å². The van der Waals surface area contributed by atoms with Crippen molar-refractivity contribution < 1.29 is 9.47 Å². The van der Waals surface area contributed by atoms with Crippen LogP contribution in [0, 0.1) is 0 Å². The Bertz CT molecular complexity index is 106. The minimum absolute atomic E-state index is 0.496. The zero-order valence-corrected chi connectivity index (χ0v) is 5.04. The Balaban J connectivity index is 2.28. The van der Waals surface area contributed by atoms with Crippen molar-refractivity contribution in [1.29, 1.82) is 0 Å². The predicted molar refractivity (Wildman–Crippen MR) is 33.3 cm³/mol. The number of nitrogens with one attached hydrogen (secondary N) is 1. The fraction of sp³-hybridized carbons (Fsp3) is 0.333. The zero-order valence-electron chi connectivity index (χ0n) is 5.04. The van der Waals surface area contributed by atoms with Crippen LogP contribution < -0.4 is 5.32 Å². The van der Waals surface area contributed by atoms with E-state index in [4.69, 9.17) is 9.47 Å². The van der Waals surface area contributed by atoms with Crippen molar-refractivity contribution in [3.05, 3.63) is 24.8 Å². The molecular weight excluding hydrogens is 118 g/mol. The maximum absolute atomic E-state index is 4.94. The van der Waals surface area contributed by atoms with E-state index in [-0.39, 0.29) is 0 Å². The third-order valence-electron chi connectivity index (χ3n) is 0.834. The maximum Gasteiger partial charge on any atom is 0.157 e. The lowest BCUT2D eigenvalue weighted by atomic mass is 10.7. The van der Waals surface area contributed by atoms with Crippen LogP contribution in [-0.2, 0) is 9.47 Å². The topological polar surface area (TPSA) is 30.5 Å². The second kappa shape index (κ2) is 3.83. The second-order valence-corrected chi connectivity index (χ2v) is 1.52. The molecule has 0 spiro atoms. The highest BCUT2D eigenvalue weighted by Gasteiger charge is 1.80. The molecule has 0 saturated heterocycles. The van der Waals surface area contributed by atoms with Crippen molar-refractivity contribution in [3.8, 4) is 0 Å². The average Bonchev–Trinajstić information content (AvgIpc) is 2.00. The second-order valence-electron chi connectivity index (χ2n) is 1.52. The number of hydrogen-bond donors (Lipinski definition) is 1.